The first-order valence-electron chi connectivity index (χ1n) is 14.7. The van der Waals surface area contributed by atoms with E-state index in [1.165, 1.54) is 32.1 Å². The zero-order valence-electron chi connectivity index (χ0n) is 23.7. The Hall–Kier alpha value is -3.23. The molecule has 3 aromatic rings. The number of fused-ring (bicyclic) bond motifs is 1. The molecular formula is C30H42N6O3. The second-order valence-corrected chi connectivity index (χ2v) is 11.8. The van der Waals surface area contributed by atoms with E-state index in [1.54, 1.807) is 0 Å². The number of hydrogen-bond acceptors (Lipinski definition) is 7. The summed E-state index contributed by atoms with van der Waals surface area (Å²) in [6.45, 7) is 10.6. The first-order valence-corrected chi connectivity index (χ1v) is 14.7. The first-order chi connectivity index (χ1) is 18.8. The molecule has 2 N–H and O–H groups in total. The maximum absolute atomic E-state index is 12.0. The van der Waals surface area contributed by atoms with Gasteiger partial charge in [-0.3, -0.25) is 0 Å². The van der Waals surface area contributed by atoms with Crippen LogP contribution in [0.3, 0.4) is 0 Å². The van der Waals surface area contributed by atoms with Gasteiger partial charge in [-0.15, -0.1) is 0 Å². The maximum atomic E-state index is 12.0. The molecule has 2 fully saturated rings. The number of anilines is 1. The highest BCUT2D eigenvalue weighted by molar-refractivity contribution is 5.92. The third kappa shape index (κ3) is 6.17. The van der Waals surface area contributed by atoms with Crippen LogP contribution in [0, 0.1) is 17.8 Å². The van der Waals surface area contributed by atoms with Crippen molar-refractivity contribution in [1.29, 1.82) is 0 Å². The maximum Gasteiger partial charge on any atom is 0.374 e. The summed E-state index contributed by atoms with van der Waals surface area (Å²) < 4.78 is 8.02. The van der Waals surface area contributed by atoms with Crippen molar-refractivity contribution in [3.05, 3.63) is 23.5 Å². The number of aromatic carboxylic acids is 1. The van der Waals surface area contributed by atoms with Crippen molar-refractivity contribution >= 4 is 23.0 Å². The van der Waals surface area contributed by atoms with Crippen LogP contribution in [0.5, 0.6) is 5.88 Å². The molecule has 210 valence electrons. The lowest BCUT2D eigenvalue weighted by Crippen LogP contribution is -2.20. The summed E-state index contributed by atoms with van der Waals surface area (Å²) in [4.78, 5) is 30.6. The molecule has 0 radical (unpaired) electrons. The van der Waals surface area contributed by atoms with Crippen molar-refractivity contribution in [2.75, 3.05) is 18.5 Å². The van der Waals surface area contributed by atoms with Gasteiger partial charge in [0, 0.05) is 19.2 Å². The summed E-state index contributed by atoms with van der Waals surface area (Å²) in [5.74, 6) is 2.67. The Morgan fingerprint density at radius 2 is 1.85 bits per heavy atom. The quantitative estimate of drug-likeness (QED) is 0.285. The molecule has 0 aliphatic heterocycles. The molecule has 2 aliphatic rings. The fourth-order valence-corrected chi connectivity index (χ4v) is 5.77. The Kier molecular flexibility index (Phi) is 8.33. The summed E-state index contributed by atoms with van der Waals surface area (Å²) in [6.07, 6.45) is 9.62. The monoisotopic (exact) mass is 534 g/mol. The van der Waals surface area contributed by atoms with Crippen LogP contribution in [-0.2, 0) is 6.54 Å². The van der Waals surface area contributed by atoms with E-state index in [0.29, 0.717) is 41.4 Å². The smallest absolute Gasteiger partial charge is 0.374 e. The number of hydrogen-bond donors (Lipinski definition) is 2. The van der Waals surface area contributed by atoms with Crippen LogP contribution < -0.4 is 10.1 Å². The van der Waals surface area contributed by atoms with Gasteiger partial charge in [-0.1, -0.05) is 52.9 Å². The Morgan fingerprint density at radius 3 is 2.49 bits per heavy atom. The molecule has 39 heavy (non-hydrogen) atoms. The van der Waals surface area contributed by atoms with E-state index in [9.17, 15) is 9.90 Å². The third-order valence-corrected chi connectivity index (χ3v) is 8.45. The highest BCUT2D eigenvalue weighted by atomic mass is 16.5. The number of aromatic nitrogens is 5. The van der Waals surface area contributed by atoms with Crippen molar-refractivity contribution in [3.63, 3.8) is 0 Å². The molecule has 0 spiro atoms. The number of imidazole rings is 1. The molecule has 0 saturated heterocycles. The molecule has 3 heterocycles. The Bertz CT molecular complexity index is 1310. The second-order valence-electron chi connectivity index (χ2n) is 11.8. The van der Waals surface area contributed by atoms with Crippen LogP contribution >= 0.6 is 0 Å². The molecule has 0 unspecified atom stereocenters. The number of ether oxygens (including phenoxy) is 1. The SMILES string of the molecule is CCOc1cc(C(C)C)cc(-c2nc3nc(C(=O)O)nc(NCCC4CCC4)c3n2C[C@H]2CC[C@H](C)CC2)n1. The van der Waals surface area contributed by atoms with Crippen LogP contribution in [-0.4, -0.2) is 48.7 Å². The zero-order chi connectivity index (χ0) is 27.5. The van der Waals surface area contributed by atoms with Crippen molar-refractivity contribution in [1.82, 2.24) is 24.5 Å². The molecule has 0 aromatic carbocycles. The third-order valence-electron chi connectivity index (χ3n) is 8.45. The molecule has 2 saturated carbocycles. The minimum Gasteiger partial charge on any atom is -0.478 e. The lowest BCUT2D eigenvalue weighted by Gasteiger charge is -2.27. The highest BCUT2D eigenvalue weighted by Gasteiger charge is 2.27. The van der Waals surface area contributed by atoms with Crippen molar-refractivity contribution in [3.8, 4) is 17.4 Å². The van der Waals surface area contributed by atoms with Crippen LogP contribution in [0.15, 0.2) is 12.1 Å². The van der Waals surface area contributed by atoms with Gasteiger partial charge in [0.1, 0.15) is 11.2 Å². The number of pyridine rings is 1. The fraction of sp³-hybridized carbons (Fsp3) is 0.633. The Morgan fingerprint density at radius 1 is 1.08 bits per heavy atom. The van der Waals surface area contributed by atoms with Gasteiger partial charge < -0.3 is 19.7 Å². The van der Waals surface area contributed by atoms with Gasteiger partial charge in [0.25, 0.3) is 0 Å². The number of carbonyl (C=O) groups is 1. The van der Waals surface area contributed by atoms with E-state index in [1.807, 2.05) is 13.0 Å². The van der Waals surface area contributed by atoms with E-state index in [-0.39, 0.29) is 11.7 Å². The number of rotatable bonds is 11. The van der Waals surface area contributed by atoms with Crippen molar-refractivity contribution in [2.24, 2.45) is 17.8 Å². The van der Waals surface area contributed by atoms with E-state index < -0.39 is 5.97 Å². The van der Waals surface area contributed by atoms with Gasteiger partial charge in [-0.25, -0.2) is 24.7 Å². The molecule has 2 aliphatic carbocycles. The Labute approximate surface area is 230 Å². The predicted molar refractivity (Wildman–Crippen MR) is 152 cm³/mol. The average molecular weight is 535 g/mol. The number of carboxylic acid groups (broad SMARTS) is 1. The van der Waals surface area contributed by atoms with E-state index >= 15 is 0 Å². The van der Waals surface area contributed by atoms with Gasteiger partial charge in [0.05, 0.1) is 6.61 Å². The summed E-state index contributed by atoms with van der Waals surface area (Å²) >= 11 is 0. The number of nitrogens with one attached hydrogen (secondary N) is 1. The molecule has 0 bridgehead atoms. The van der Waals surface area contributed by atoms with Crippen molar-refractivity contribution < 1.29 is 14.6 Å². The van der Waals surface area contributed by atoms with Gasteiger partial charge in [0.2, 0.25) is 11.7 Å². The van der Waals surface area contributed by atoms with E-state index in [0.717, 1.165) is 55.3 Å². The molecular weight excluding hydrogens is 492 g/mol. The van der Waals surface area contributed by atoms with E-state index in [2.05, 4.69) is 46.7 Å². The highest BCUT2D eigenvalue weighted by Crippen LogP contribution is 2.35. The Balaban J connectivity index is 1.63. The minimum atomic E-state index is -1.16. The second kappa shape index (κ2) is 11.9. The van der Waals surface area contributed by atoms with Gasteiger partial charge >= 0.3 is 5.97 Å². The lowest BCUT2D eigenvalue weighted by atomic mass is 9.83. The van der Waals surface area contributed by atoms with Crippen molar-refractivity contribution in [2.45, 2.75) is 91.5 Å². The van der Waals surface area contributed by atoms with Crippen LogP contribution in [0.1, 0.15) is 101 Å². The summed E-state index contributed by atoms with van der Waals surface area (Å²) in [6, 6.07) is 4.06. The molecule has 0 amide bonds. The topological polar surface area (TPSA) is 115 Å². The zero-order valence-corrected chi connectivity index (χ0v) is 23.7. The summed E-state index contributed by atoms with van der Waals surface area (Å²) in [5, 5.41) is 13.3. The van der Waals surface area contributed by atoms with E-state index in [4.69, 9.17) is 14.7 Å². The average Bonchev–Trinajstić information content (AvgIpc) is 3.25. The largest absolute Gasteiger partial charge is 0.478 e. The minimum absolute atomic E-state index is 0.241. The predicted octanol–water partition coefficient (Wildman–Crippen LogP) is 6.54. The summed E-state index contributed by atoms with van der Waals surface area (Å²) in [5.41, 5.74) is 2.98. The molecule has 0 atom stereocenters. The lowest BCUT2D eigenvalue weighted by molar-refractivity contribution is 0.0684. The normalized spacial score (nSPS) is 19.8. The number of nitrogens with zero attached hydrogens (tertiary/aromatic N) is 5. The van der Waals surface area contributed by atoms with Crippen LogP contribution in [0.2, 0.25) is 0 Å². The van der Waals surface area contributed by atoms with Gasteiger partial charge in [-0.2, -0.15) is 0 Å². The molecule has 3 aromatic heterocycles. The molecule has 9 nitrogen and oxygen atoms in total. The van der Waals surface area contributed by atoms with Crippen LogP contribution in [0.4, 0.5) is 5.82 Å². The molecule has 9 heteroatoms. The number of carboxylic acids is 1. The standard InChI is InChI=1S/C30H42N6O3/c1-5-39-24-16-22(18(2)3)15-23(32-24)29-35-27-25(36(29)17-21-11-9-19(4)10-12-21)26(33-28(34-27)30(37)38)31-14-13-20-7-6-8-20/h15-16,18-21H,5-14,17H2,1-4H3,(H,37,38)(H,31,33,34)/t19-,21-. The van der Waals surface area contributed by atoms with Gasteiger partial charge in [-0.05, 0) is 61.5 Å². The first kappa shape index (κ1) is 27.3. The summed E-state index contributed by atoms with van der Waals surface area (Å²) in [7, 11) is 0. The fourth-order valence-electron chi connectivity index (χ4n) is 5.77. The molecule has 5 rings (SSSR count). The van der Waals surface area contributed by atoms with Gasteiger partial charge in [0.15, 0.2) is 17.3 Å². The van der Waals surface area contributed by atoms with Crippen LogP contribution in [0.25, 0.3) is 22.7 Å².